The van der Waals surface area contributed by atoms with Gasteiger partial charge in [0.25, 0.3) is 0 Å². The van der Waals surface area contributed by atoms with Crippen LogP contribution >= 0.6 is 0 Å². The number of rotatable bonds is 1. The number of nitrogens with two attached hydrogens (primary N) is 1. The van der Waals surface area contributed by atoms with Crippen LogP contribution in [0.1, 0.15) is 24.2 Å². The Labute approximate surface area is 94.8 Å². The molecule has 0 bridgehead atoms. The molecule has 1 aliphatic heterocycles. The Morgan fingerprint density at radius 1 is 1.44 bits per heavy atom. The molecule has 3 heteroatoms. The standard InChI is InChI=1S/C13H16N2O/c1-8-13-11(5-6-14-8)10-4-3-9(16-2)7-12(10)15-13/h3-4,7-8,14-15H,5-6H2,1-2H3/p+1/t8-/m1/s1. The SMILES string of the molecule is COc1ccc2c3c([nH]c2c1)[C@@H](C)[NH2+]CC3. The van der Waals surface area contributed by atoms with Crippen molar-refractivity contribution < 1.29 is 10.1 Å². The summed E-state index contributed by atoms with van der Waals surface area (Å²) in [5, 5.41) is 3.74. The summed E-state index contributed by atoms with van der Waals surface area (Å²) in [5.41, 5.74) is 4.08. The molecule has 3 nitrogen and oxygen atoms in total. The summed E-state index contributed by atoms with van der Waals surface area (Å²) in [6, 6.07) is 6.84. The highest BCUT2D eigenvalue weighted by atomic mass is 16.5. The van der Waals surface area contributed by atoms with E-state index in [1.165, 1.54) is 28.7 Å². The van der Waals surface area contributed by atoms with Crippen LogP contribution in [0.3, 0.4) is 0 Å². The number of hydrogen-bond acceptors (Lipinski definition) is 1. The van der Waals surface area contributed by atoms with Crippen molar-refractivity contribution in [3.05, 3.63) is 29.5 Å². The van der Waals surface area contributed by atoms with Gasteiger partial charge in [0.05, 0.1) is 19.3 Å². The molecule has 2 heterocycles. The number of ether oxygens (including phenoxy) is 1. The molecular weight excluding hydrogens is 200 g/mol. The van der Waals surface area contributed by atoms with Gasteiger partial charge < -0.3 is 15.0 Å². The summed E-state index contributed by atoms with van der Waals surface area (Å²) < 4.78 is 5.25. The highest BCUT2D eigenvalue weighted by Gasteiger charge is 2.23. The van der Waals surface area contributed by atoms with Crippen molar-refractivity contribution in [2.75, 3.05) is 13.7 Å². The lowest BCUT2D eigenvalue weighted by atomic mass is 10.0. The van der Waals surface area contributed by atoms with Gasteiger partial charge in [-0.1, -0.05) is 0 Å². The summed E-state index contributed by atoms with van der Waals surface area (Å²) in [6.45, 7) is 3.44. The van der Waals surface area contributed by atoms with Crippen LogP contribution in [-0.2, 0) is 6.42 Å². The van der Waals surface area contributed by atoms with Gasteiger partial charge >= 0.3 is 0 Å². The summed E-state index contributed by atoms with van der Waals surface area (Å²) in [4.78, 5) is 3.53. The third kappa shape index (κ3) is 1.32. The maximum absolute atomic E-state index is 5.25. The molecular formula is C13H17N2O+. The smallest absolute Gasteiger partial charge is 0.124 e. The first-order valence-electron chi connectivity index (χ1n) is 5.81. The van der Waals surface area contributed by atoms with Crippen molar-refractivity contribution in [1.29, 1.82) is 0 Å². The Morgan fingerprint density at radius 3 is 3.12 bits per heavy atom. The molecule has 16 heavy (non-hydrogen) atoms. The molecule has 0 aliphatic carbocycles. The lowest BCUT2D eigenvalue weighted by molar-refractivity contribution is -0.696. The largest absolute Gasteiger partial charge is 0.497 e. The van der Waals surface area contributed by atoms with Crippen molar-refractivity contribution >= 4 is 10.9 Å². The molecule has 0 unspecified atom stereocenters. The predicted molar refractivity (Wildman–Crippen MR) is 63.8 cm³/mol. The van der Waals surface area contributed by atoms with E-state index in [9.17, 15) is 0 Å². The number of quaternary nitrogens is 1. The van der Waals surface area contributed by atoms with Gasteiger partial charge in [0, 0.05) is 23.4 Å². The van der Waals surface area contributed by atoms with Gasteiger partial charge in [0.2, 0.25) is 0 Å². The topological polar surface area (TPSA) is 41.6 Å². The molecule has 0 spiro atoms. The van der Waals surface area contributed by atoms with Crippen molar-refractivity contribution in [2.45, 2.75) is 19.4 Å². The van der Waals surface area contributed by atoms with Crippen LogP contribution in [0.5, 0.6) is 5.75 Å². The van der Waals surface area contributed by atoms with Crippen molar-refractivity contribution in [2.24, 2.45) is 0 Å². The van der Waals surface area contributed by atoms with E-state index in [-0.39, 0.29) is 0 Å². The normalized spacial score (nSPS) is 19.8. The number of hydrogen-bond donors (Lipinski definition) is 2. The molecule has 1 aromatic carbocycles. The van der Waals surface area contributed by atoms with E-state index in [1.807, 2.05) is 6.07 Å². The highest BCUT2D eigenvalue weighted by Crippen LogP contribution is 2.29. The van der Waals surface area contributed by atoms with Crippen LogP contribution in [0.25, 0.3) is 10.9 Å². The second kappa shape index (κ2) is 3.52. The summed E-state index contributed by atoms with van der Waals surface area (Å²) in [6.07, 6.45) is 1.16. The first-order chi connectivity index (χ1) is 7.79. The Balaban J connectivity index is 2.23. The van der Waals surface area contributed by atoms with Crippen molar-refractivity contribution in [3.8, 4) is 5.75 Å². The van der Waals surface area contributed by atoms with Gasteiger partial charge in [-0.05, 0) is 24.6 Å². The average molecular weight is 217 g/mol. The fraction of sp³-hybridized carbons (Fsp3) is 0.385. The highest BCUT2D eigenvalue weighted by molar-refractivity contribution is 5.86. The quantitative estimate of drug-likeness (QED) is 0.744. The Kier molecular flexibility index (Phi) is 2.14. The molecule has 0 amide bonds. The van der Waals surface area contributed by atoms with E-state index >= 15 is 0 Å². The fourth-order valence-corrected chi connectivity index (χ4v) is 2.64. The summed E-state index contributed by atoms with van der Waals surface area (Å²) >= 11 is 0. The van der Waals surface area contributed by atoms with Gasteiger partial charge in [0.1, 0.15) is 11.8 Å². The molecule has 2 aromatic rings. The molecule has 0 saturated heterocycles. The molecule has 3 N–H and O–H groups in total. The number of H-pyrrole nitrogens is 1. The van der Waals surface area contributed by atoms with E-state index in [2.05, 4.69) is 29.4 Å². The van der Waals surface area contributed by atoms with Crippen molar-refractivity contribution in [1.82, 2.24) is 4.98 Å². The number of benzene rings is 1. The van der Waals surface area contributed by atoms with E-state index in [4.69, 9.17) is 4.74 Å². The third-order valence-corrected chi connectivity index (χ3v) is 3.52. The maximum atomic E-state index is 5.25. The zero-order chi connectivity index (χ0) is 11.1. The molecule has 1 atom stereocenters. The molecule has 0 saturated carbocycles. The first kappa shape index (κ1) is 9.73. The van der Waals surface area contributed by atoms with Gasteiger partial charge in [-0.2, -0.15) is 0 Å². The number of aromatic nitrogens is 1. The van der Waals surface area contributed by atoms with Gasteiger partial charge in [-0.25, -0.2) is 0 Å². The Hall–Kier alpha value is -1.48. The van der Waals surface area contributed by atoms with Crippen LogP contribution in [0.4, 0.5) is 0 Å². The fourth-order valence-electron chi connectivity index (χ4n) is 2.64. The minimum absolute atomic E-state index is 0.544. The van der Waals surface area contributed by atoms with Crippen LogP contribution < -0.4 is 10.1 Å². The summed E-state index contributed by atoms with van der Waals surface area (Å²) in [7, 11) is 1.71. The van der Waals surface area contributed by atoms with Gasteiger partial charge in [-0.3, -0.25) is 0 Å². The molecule has 0 fully saturated rings. The van der Waals surface area contributed by atoms with Crippen LogP contribution in [-0.4, -0.2) is 18.6 Å². The van der Waals surface area contributed by atoms with Crippen LogP contribution in [0.2, 0.25) is 0 Å². The lowest BCUT2D eigenvalue weighted by Crippen LogP contribution is -2.86. The Morgan fingerprint density at radius 2 is 2.31 bits per heavy atom. The molecule has 0 radical (unpaired) electrons. The number of fused-ring (bicyclic) bond motifs is 3. The van der Waals surface area contributed by atoms with E-state index in [0.29, 0.717) is 6.04 Å². The number of methoxy groups -OCH3 is 1. The van der Waals surface area contributed by atoms with Gasteiger partial charge in [-0.15, -0.1) is 0 Å². The van der Waals surface area contributed by atoms with Crippen LogP contribution in [0, 0.1) is 0 Å². The van der Waals surface area contributed by atoms with E-state index in [1.54, 1.807) is 7.11 Å². The number of nitrogens with one attached hydrogen (secondary N) is 1. The predicted octanol–water partition coefficient (Wildman–Crippen LogP) is 1.36. The monoisotopic (exact) mass is 217 g/mol. The van der Waals surface area contributed by atoms with E-state index < -0.39 is 0 Å². The first-order valence-corrected chi connectivity index (χ1v) is 5.81. The lowest BCUT2D eigenvalue weighted by Gasteiger charge is -2.16. The zero-order valence-electron chi connectivity index (χ0n) is 9.71. The minimum atomic E-state index is 0.544. The molecule has 84 valence electrons. The average Bonchev–Trinajstić information content (AvgIpc) is 2.68. The number of aromatic amines is 1. The molecule has 1 aliphatic rings. The molecule has 1 aromatic heterocycles. The minimum Gasteiger partial charge on any atom is -0.497 e. The summed E-state index contributed by atoms with van der Waals surface area (Å²) in [5.74, 6) is 0.919. The third-order valence-electron chi connectivity index (χ3n) is 3.52. The second-order valence-corrected chi connectivity index (χ2v) is 4.49. The van der Waals surface area contributed by atoms with Gasteiger partial charge in [0.15, 0.2) is 0 Å². The molecule has 3 rings (SSSR count). The van der Waals surface area contributed by atoms with Crippen molar-refractivity contribution in [3.63, 3.8) is 0 Å². The Bertz CT molecular complexity index is 530. The zero-order valence-corrected chi connectivity index (χ0v) is 9.71. The van der Waals surface area contributed by atoms with Crippen LogP contribution in [0.15, 0.2) is 18.2 Å². The van der Waals surface area contributed by atoms with E-state index in [0.717, 1.165) is 12.2 Å². The maximum Gasteiger partial charge on any atom is 0.124 e. The second-order valence-electron chi connectivity index (χ2n) is 4.49.